The van der Waals surface area contributed by atoms with Gasteiger partial charge in [0, 0.05) is 19.7 Å². The van der Waals surface area contributed by atoms with E-state index in [1.54, 1.807) is 0 Å². The smallest absolute Gasteiger partial charge is 0.246 e. The van der Waals surface area contributed by atoms with Crippen molar-refractivity contribution in [3.05, 3.63) is 7.05 Å². The Hall–Kier alpha value is -0.550. The number of rotatable bonds is 2. The standard InChI is InChI=1S/C6H11N2O2S/c1-4(9)8(2)6(10)5(7)3-11/h5,11H,2-3,7H2,1H3/t5-/m0/s1. The summed E-state index contributed by atoms with van der Waals surface area (Å²) in [5, 5.41) is 0. The number of carbonyl (C=O) groups is 2. The summed E-state index contributed by atoms with van der Waals surface area (Å²) in [7, 11) is 3.23. The van der Waals surface area contributed by atoms with E-state index in [9.17, 15) is 9.59 Å². The van der Waals surface area contributed by atoms with Crippen LogP contribution in [0.3, 0.4) is 0 Å². The van der Waals surface area contributed by atoms with E-state index < -0.39 is 17.9 Å². The summed E-state index contributed by atoms with van der Waals surface area (Å²) in [4.78, 5) is 22.3. The molecular formula is C6H11N2O2S. The zero-order valence-corrected chi connectivity index (χ0v) is 7.17. The van der Waals surface area contributed by atoms with Crippen LogP contribution in [0, 0.1) is 7.05 Å². The second-order valence-electron chi connectivity index (χ2n) is 2.07. The molecular weight excluding hydrogens is 164 g/mol. The van der Waals surface area contributed by atoms with Crippen LogP contribution in [0.1, 0.15) is 6.92 Å². The summed E-state index contributed by atoms with van der Waals surface area (Å²) in [5.74, 6) is -0.724. The van der Waals surface area contributed by atoms with Crippen LogP contribution in [-0.2, 0) is 9.59 Å². The third-order valence-corrected chi connectivity index (χ3v) is 1.55. The van der Waals surface area contributed by atoms with Crippen LogP contribution in [0.15, 0.2) is 0 Å². The molecule has 0 fully saturated rings. The van der Waals surface area contributed by atoms with Crippen LogP contribution in [0.5, 0.6) is 0 Å². The molecule has 4 nitrogen and oxygen atoms in total. The van der Waals surface area contributed by atoms with Gasteiger partial charge in [0.2, 0.25) is 11.8 Å². The minimum atomic E-state index is -0.750. The summed E-state index contributed by atoms with van der Waals surface area (Å²) in [6.07, 6.45) is 0. The Morgan fingerprint density at radius 1 is 1.73 bits per heavy atom. The van der Waals surface area contributed by atoms with Gasteiger partial charge in [0.05, 0.1) is 6.04 Å². The van der Waals surface area contributed by atoms with Crippen LogP contribution >= 0.6 is 12.6 Å². The van der Waals surface area contributed by atoms with Crippen molar-refractivity contribution in [2.75, 3.05) is 5.75 Å². The average Bonchev–Trinajstić information content (AvgIpc) is 2.00. The van der Waals surface area contributed by atoms with Crippen LogP contribution in [0.25, 0.3) is 0 Å². The molecule has 0 aromatic carbocycles. The number of thiol groups is 1. The molecule has 11 heavy (non-hydrogen) atoms. The van der Waals surface area contributed by atoms with Gasteiger partial charge in [-0.25, -0.2) is 0 Å². The summed E-state index contributed by atoms with van der Waals surface area (Å²) in [6, 6.07) is -0.750. The molecule has 0 saturated heterocycles. The van der Waals surface area contributed by atoms with Gasteiger partial charge in [0.1, 0.15) is 0 Å². The van der Waals surface area contributed by atoms with E-state index in [1.165, 1.54) is 6.92 Å². The molecule has 0 unspecified atom stereocenters. The zero-order chi connectivity index (χ0) is 9.02. The predicted octanol–water partition coefficient (Wildman–Crippen LogP) is -0.590. The lowest BCUT2D eigenvalue weighted by atomic mass is 10.3. The Morgan fingerprint density at radius 2 is 2.18 bits per heavy atom. The molecule has 2 N–H and O–H groups in total. The number of hydrogen-bond donors (Lipinski definition) is 2. The van der Waals surface area contributed by atoms with E-state index in [-0.39, 0.29) is 5.75 Å². The Kier molecular flexibility index (Phi) is 4.14. The van der Waals surface area contributed by atoms with Gasteiger partial charge in [-0.3, -0.25) is 14.5 Å². The first-order chi connectivity index (χ1) is 5.00. The first-order valence-electron chi connectivity index (χ1n) is 3.02. The normalized spacial score (nSPS) is 12.4. The summed E-state index contributed by atoms with van der Waals surface area (Å²) in [6.45, 7) is 1.25. The highest BCUT2D eigenvalue weighted by Crippen LogP contribution is 1.93. The monoisotopic (exact) mass is 175 g/mol. The van der Waals surface area contributed by atoms with Crippen LogP contribution in [0.4, 0.5) is 0 Å². The van der Waals surface area contributed by atoms with Gasteiger partial charge in [-0.2, -0.15) is 12.6 Å². The fraction of sp³-hybridized carbons (Fsp3) is 0.500. The third-order valence-electron chi connectivity index (χ3n) is 1.16. The van der Waals surface area contributed by atoms with Crippen molar-refractivity contribution < 1.29 is 9.59 Å². The van der Waals surface area contributed by atoms with Gasteiger partial charge < -0.3 is 5.73 Å². The van der Waals surface area contributed by atoms with Gasteiger partial charge in [-0.15, -0.1) is 0 Å². The molecule has 0 saturated carbocycles. The summed E-state index contributed by atoms with van der Waals surface area (Å²) < 4.78 is 0. The molecule has 0 bridgehead atoms. The van der Waals surface area contributed by atoms with Crippen LogP contribution < -0.4 is 5.73 Å². The second kappa shape index (κ2) is 4.35. The zero-order valence-electron chi connectivity index (χ0n) is 6.28. The molecule has 0 aliphatic carbocycles. The highest BCUT2D eigenvalue weighted by atomic mass is 32.1. The van der Waals surface area contributed by atoms with Crippen molar-refractivity contribution in [1.82, 2.24) is 4.90 Å². The van der Waals surface area contributed by atoms with Crippen LogP contribution in [0.2, 0.25) is 0 Å². The fourth-order valence-corrected chi connectivity index (χ4v) is 0.590. The molecule has 0 aromatic heterocycles. The molecule has 1 radical (unpaired) electrons. The Morgan fingerprint density at radius 3 is 2.45 bits per heavy atom. The molecule has 0 aliphatic rings. The van der Waals surface area contributed by atoms with Gasteiger partial charge >= 0.3 is 0 Å². The topological polar surface area (TPSA) is 63.4 Å². The Bertz CT molecular complexity index is 172. The van der Waals surface area contributed by atoms with Crippen molar-refractivity contribution >= 4 is 24.4 Å². The molecule has 1 atom stereocenters. The average molecular weight is 175 g/mol. The Labute approximate surface area is 71.1 Å². The molecule has 63 valence electrons. The molecule has 0 aromatic rings. The number of amides is 2. The van der Waals surface area contributed by atoms with Gasteiger partial charge in [0.15, 0.2) is 0 Å². The number of hydrogen-bond acceptors (Lipinski definition) is 4. The lowest BCUT2D eigenvalue weighted by molar-refractivity contribution is -0.140. The molecule has 0 rings (SSSR count). The molecule has 0 heterocycles. The summed E-state index contributed by atoms with van der Waals surface area (Å²) >= 11 is 3.81. The SMILES string of the molecule is [CH2]N(C(C)=O)C(=O)[C@@H](N)CS. The van der Waals surface area contributed by atoms with Crippen molar-refractivity contribution in [1.29, 1.82) is 0 Å². The van der Waals surface area contributed by atoms with E-state index in [2.05, 4.69) is 19.7 Å². The quantitative estimate of drug-likeness (QED) is 0.551. The van der Waals surface area contributed by atoms with E-state index in [1.807, 2.05) is 0 Å². The minimum absolute atomic E-state index is 0.206. The first-order valence-corrected chi connectivity index (χ1v) is 3.65. The Balaban J connectivity index is 4.13. The van der Waals surface area contributed by atoms with E-state index in [0.717, 1.165) is 4.90 Å². The molecule has 2 amide bonds. The highest BCUT2D eigenvalue weighted by molar-refractivity contribution is 7.80. The first kappa shape index (κ1) is 10.4. The highest BCUT2D eigenvalue weighted by Gasteiger charge is 2.18. The third kappa shape index (κ3) is 2.90. The van der Waals surface area contributed by atoms with Crippen LogP contribution in [-0.4, -0.2) is 28.5 Å². The van der Waals surface area contributed by atoms with Gasteiger partial charge in [-0.05, 0) is 0 Å². The van der Waals surface area contributed by atoms with E-state index in [0.29, 0.717) is 0 Å². The maximum Gasteiger partial charge on any atom is 0.246 e. The number of nitrogens with two attached hydrogens (primary N) is 1. The van der Waals surface area contributed by atoms with E-state index in [4.69, 9.17) is 5.73 Å². The lowest BCUT2D eigenvalue weighted by Gasteiger charge is -2.15. The maximum absolute atomic E-state index is 11.0. The molecule has 0 spiro atoms. The number of carbonyl (C=O) groups excluding carboxylic acids is 2. The second-order valence-corrected chi connectivity index (χ2v) is 2.44. The fourth-order valence-electron chi connectivity index (χ4n) is 0.433. The maximum atomic E-state index is 11.0. The van der Waals surface area contributed by atoms with Crippen molar-refractivity contribution in [3.63, 3.8) is 0 Å². The van der Waals surface area contributed by atoms with Gasteiger partial charge in [-0.1, -0.05) is 0 Å². The number of imide groups is 1. The molecule has 0 aliphatic heterocycles. The molecule has 5 heteroatoms. The summed E-state index contributed by atoms with van der Waals surface area (Å²) in [5.41, 5.74) is 5.30. The minimum Gasteiger partial charge on any atom is -0.319 e. The predicted molar refractivity (Wildman–Crippen MR) is 44.7 cm³/mol. The van der Waals surface area contributed by atoms with Crippen molar-refractivity contribution in [2.24, 2.45) is 5.73 Å². The van der Waals surface area contributed by atoms with Crippen molar-refractivity contribution in [3.8, 4) is 0 Å². The van der Waals surface area contributed by atoms with Gasteiger partial charge in [0.25, 0.3) is 0 Å². The van der Waals surface area contributed by atoms with E-state index >= 15 is 0 Å². The largest absolute Gasteiger partial charge is 0.319 e. The number of nitrogens with zero attached hydrogens (tertiary/aromatic N) is 1. The lowest BCUT2D eigenvalue weighted by Crippen LogP contribution is -2.43. The van der Waals surface area contributed by atoms with Crippen molar-refractivity contribution in [2.45, 2.75) is 13.0 Å².